The zero-order valence-corrected chi connectivity index (χ0v) is 18.0. The third kappa shape index (κ3) is 2.70. The van der Waals surface area contributed by atoms with E-state index in [0.717, 1.165) is 6.42 Å². The van der Waals surface area contributed by atoms with Crippen LogP contribution in [0.1, 0.15) is 31.9 Å². The molecule has 24 heavy (non-hydrogen) atoms. The molecule has 0 saturated carbocycles. The summed E-state index contributed by atoms with van der Waals surface area (Å²) in [5, 5.41) is 0. The highest BCUT2D eigenvalue weighted by atomic mass is 28.4. The highest BCUT2D eigenvalue weighted by Crippen LogP contribution is 2.45. The Balaban J connectivity index is 1.87. The molecule has 3 rings (SSSR count). The number of rotatable bonds is 4. The fourth-order valence-electron chi connectivity index (χ4n) is 5.05. The Morgan fingerprint density at radius 1 is 1.08 bits per heavy atom. The number of benzene rings is 1. The molecule has 0 N–H and O–H groups in total. The Morgan fingerprint density at radius 3 is 2.12 bits per heavy atom. The molecule has 2 fully saturated rings. The molecule has 132 valence electrons. The van der Waals surface area contributed by atoms with E-state index in [1.165, 1.54) is 17.7 Å². The summed E-state index contributed by atoms with van der Waals surface area (Å²) in [5.74, 6) is 0.376. The van der Waals surface area contributed by atoms with E-state index < -0.39 is 16.5 Å². The maximum atomic E-state index is 13.2. The topological polar surface area (TPSA) is 23.6 Å². The quantitative estimate of drug-likeness (QED) is 0.584. The van der Waals surface area contributed by atoms with Crippen LogP contribution in [0.25, 0.3) is 0 Å². The second-order valence-corrected chi connectivity index (χ2v) is 18.4. The molecule has 0 radical (unpaired) electrons. The van der Waals surface area contributed by atoms with Gasteiger partial charge >= 0.3 is 0 Å². The minimum Gasteiger partial charge on any atom is -0.333 e. The van der Waals surface area contributed by atoms with Gasteiger partial charge in [-0.1, -0.05) is 63.4 Å². The van der Waals surface area contributed by atoms with Crippen LogP contribution in [-0.2, 0) is 4.79 Å². The lowest BCUT2D eigenvalue weighted by molar-refractivity contribution is -0.158. The molecule has 0 spiro atoms. The van der Waals surface area contributed by atoms with Crippen LogP contribution >= 0.6 is 0 Å². The summed E-state index contributed by atoms with van der Waals surface area (Å²) in [5.41, 5.74) is 1.25. The number of β-lactam (4-membered cyclic amide) rings is 1. The molecule has 0 aromatic heterocycles. The lowest BCUT2D eigenvalue weighted by Gasteiger charge is -2.58. The first-order chi connectivity index (χ1) is 11.2. The van der Waals surface area contributed by atoms with Crippen molar-refractivity contribution in [1.29, 1.82) is 0 Å². The van der Waals surface area contributed by atoms with Crippen molar-refractivity contribution in [1.82, 2.24) is 9.13 Å². The Labute approximate surface area is 149 Å². The molecule has 1 aromatic rings. The molecule has 0 aliphatic carbocycles. The van der Waals surface area contributed by atoms with Gasteiger partial charge in [0.2, 0.25) is 5.91 Å². The van der Waals surface area contributed by atoms with E-state index in [4.69, 9.17) is 0 Å². The highest BCUT2D eigenvalue weighted by Gasteiger charge is 2.60. The second-order valence-electron chi connectivity index (χ2n) is 8.75. The Bertz CT molecular complexity index is 601. The van der Waals surface area contributed by atoms with Gasteiger partial charge in [-0.25, -0.2) is 0 Å². The van der Waals surface area contributed by atoms with E-state index in [0.29, 0.717) is 11.9 Å². The van der Waals surface area contributed by atoms with Gasteiger partial charge in [0.25, 0.3) is 0 Å². The summed E-state index contributed by atoms with van der Waals surface area (Å²) < 4.78 is 2.80. The van der Waals surface area contributed by atoms with Crippen molar-refractivity contribution in [3.05, 3.63) is 35.9 Å². The molecule has 0 unspecified atom stereocenters. The van der Waals surface area contributed by atoms with Gasteiger partial charge in [-0.3, -0.25) is 4.79 Å². The molecular weight excluding hydrogens is 328 g/mol. The Hall–Kier alpha value is -0.916. The van der Waals surface area contributed by atoms with Gasteiger partial charge < -0.3 is 9.13 Å². The van der Waals surface area contributed by atoms with Crippen molar-refractivity contribution >= 4 is 22.4 Å². The summed E-state index contributed by atoms with van der Waals surface area (Å²) in [6, 6.07) is 13.9. The summed E-state index contributed by atoms with van der Waals surface area (Å²) >= 11 is 0. The lowest BCUT2D eigenvalue weighted by Crippen LogP contribution is -2.77. The number of hydrogen-bond acceptors (Lipinski definition) is 2. The minimum atomic E-state index is -1.43. The van der Waals surface area contributed by atoms with E-state index in [2.05, 4.69) is 73.4 Å². The fraction of sp³-hybridized carbons (Fsp3) is 0.632. The smallest absolute Gasteiger partial charge is 0.241 e. The third-order valence-corrected chi connectivity index (χ3v) is 16.5. The van der Waals surface area contributed by atoms with E-state index in [1.54, 1.807) is 0 Å². The molecule has 1 aromatic carbocycles. The second kappa shape index (κ2) is 6.11. The fourth-order valence-corrected chi connectivity index (χ4v) is 19.7. The maximum absolute atomic E-state index is 13.2. The van der Waals surface area contributed by atoms with Crippen LogP contribution in [0.4, 0.5) is 0 Å². The Kier molecular flexibility index (Phi) is 4.56. The van der Waals surface area contributed by atoms with Crippen molar-refractivity contribution < 1.29 is 4.79 Å². The predicted octanol–water partition coefficient (Wildman–Crippen LogP) is 4.46. The standard InChI is InChI=1S/C19H32N2OSi2/c1-7-17-18(21-23(3,4)13-14-24(21,5)6)19(22)20(17)15(2)16-11-9-8-10-12-16/h8-12,15,17-18H,7,13-14H2,1-6H3/t15-,17+,18-/m0/s1. The van der Waals surface area contributed by atoms with Crippen molar-refractivity contribution in [2.75, 3.05) is 0 Å². The maximum Gasteiger partial charge on any atom is 0.241 e. The van der Waals surface area contributed by atoms with Crippen molar-refractivity contribution in [2.45, 2.75) is 76.7 Å². The zero-order chi connectivity index (χ0) is 17.7. The van der Waals surface area contributed by atoms with Crippen LogP contribution in [-0.4, -0.2) is 43.6 Å². The average molecular weight is 361 g/mol. The molecule has 1 amide bonds. The van der Waals surface area contributed by atoms with Gasteiger partial charge in [-0.15, -0.1) is 0 Å². The Morgan fingerprint density at radius 2 is 1.62 bits per heavy atom. The lowest BCUT2D eigenvalue weighted by atomic mass is 9.89. The molecule has 2 heterocycles. The molecule has 5 heteroatoms. The van der Waals surface area contributed by atoms with Gasteiger partial charge in [0, 0.05) is 0 Å². The van der Waals surface area contributed by atoms with Crippen LogP contribution in [0, 0.1) is 0 Å². The number of nitrogens with zero attached hydrogens (tertiary/aromatic N) is 2. The summed E-state index contributed by atoms with van der Waals surface area (Å²) in [6.45, 7) is 14.3. The highest BCUT2D eigenvalue weighted by molar-refractivity contribution is 6.95. The molecule has 2 aliphatic heterocycles. The summed E-state index contributed by atoms with van der Waals surface area (Å²) in [6.07, 6.45) is 1.05. The first kappa shape index (κ1) is 17.9. The van der Waals surface area contributed by atoms with Crippen molar-refractivity contribution in [3.8, 4) is 0 Å². The average Bonchev–Trinajstić information content (AvgIpc) is 2.76. The number of amides is 1. The number of hydrogen-bond donors (Lipinski definition) is 0. The van der Waals surface area contributed by atoms with Crippen molar-refractivity contribution in [2.24, 2.45) is 0 Å². The van der Waals surface area contributed by atoms with E-state index in [1.807, 2.05) is 6.07 Å². The van der Waals surface area contributed by atoms with Gasteiger partial charge in [0.05, 0.1) is 18.1 Å². The van der Waals surface area contributed by atoms with Gasteiger partial charge in [-0.05, 0) is 31.0 Å². The first-order valence-electron chi connectivity index (χ1n) is 9.37. The van der Waals surface area contributed by atoms with Gasteiger partial charge in [-0.2, -0.15) is 0 Å². The van der Waals surface area contributed by atoms with Gasteiger partial charge in [0.15, 0.2) is 0 Å². The number of carbonyl (C=O) groups is 1. The van der Waals surface area contributed by atoms with Gasteiger partial charge in [0.1, 0.15) is 16.5 Å². The SMILES string of the molecule is CC[C@@H]1[C@H](N2[Si](C)(C)CC[Si]2(C)C)C(=O)N1[C@@H](C)c1ccccc1. The summed E-state index contributed by atoms with van der Waals surface area (Å²) in [4.78, 5) is 15.4. The van der Waals surface area contributed by atoms with Crippen LogP contribution in [0.15, 0.2) is 30.3 Å². The third-order valence-electron chi connectivity index (χ3n) is 6.28. The molecular formula is C19H32N2OSi2. The number of carbonyl (C=O) groups excluding carboxylic acids is 1. The van der Waals surface area contributed by atoms with Crippen LogP contribution < -0.4 is 0 Å². The zero-order valence-electron chi connectivity index (χ0n) is 16.0. The predicted molar refractivity (Wildman–Crippen MR) is 106 cm³/mol. The van der Waals surface area contributed by atoms with E-state index in [9.17, 15) is 4.79 Å². The van der Waals surface area contributed by atoms with Crippen molar-refractivity contribution in [3.63, 3.8) is 0 Å². The monoisotopic (exact) mass is 360 g/mol. The van der Waals surface area contributed by atoms with E-state index in [-0.39, 0.29) is 12.1 Å². The van der Waals surface area contributed by atoms with Crippen LogP contribution in [0.5, 0.6) is 0 Å². The summed E-state index contributed by atoms with van der Waals surface area (Å²) in [7, 11) is -2.87. The first-order valence-corrected chi connectivity index (χ1v) is 15.7. The largest absolute Gasteiger partial charge is 0.333 e. The number of likely N-dealkylation sites (tertiary alicyclic amines) is 1. The molecule has 3 atom stereocenters. The molecule has 2 aliphatic rings. The minimum absolute atomic E-state index is 0.159. The van der Waals surface area contributed by atoms with E-state index >= 15 is 0 Å². The molecule has 3 nitrogen and oxygen atoms in total. The van der Waals surface area contributed by atoms with Crippen LogP contribution in [0.3, 0.4) is 0 Å². The molecule has 0 bridgehead atoms. The molecule has 2 saturated heterocycles. The normalized spacial score (nSPS) is 30.2. The van der Waals surface area contributed by atoms with Crippen LogP contribution in [0.2, 0.25) is 38.3 Å².